The molecule has 1 saturated carbocycles. The molecule has 1 aliphatic rings. The minimum atomic E-state index is -3.56. The maximum Gasteiger partial charge on any atom is 0.306 e. The lowest BCUT2D eigenvalue weighted by atomic mass is 10.0. The molecule has 5 nitrogen and oxygen atoms in total. The van der Waals surface area contributed by atoms with Crippen molar-refractivity contribution in [2.45, 2.75) is 71.4 Å². The van der Waals surface area contributed by atoms with Crippen LogP contribution in [0.2, 0.25) is 0 Å². The Morgan fingerprint density at radius 1 is 1.31 bits per heavy atom. The Morgan fingerprint density at radius 3 is 2.62 bits per heavy atom. The van der Waals surface area contributed by atoms with Crippen LogP contribution in [0.25, 0.3) is 0 Å². The van der Waals surface area contributed by atoms with Crippen LogP contribution in [0.5, 0.6) is 5.75 Å². The van der Waals surface area contributed by atoms with Crippen molar-refractivity contribution in [3.63, 3.8) is 0 Å². The topological polar surface area (TPSA) is 63.7 Å². The fourth-order valence-electron chi connectivity index (χ4n) is 3.55. The Balaban J connectivity index is 2.04. The predicted octanol–water partition coefficient (Wildman–Crippen LogP) is 4.12. The Hall–Kier alpha value is -1.56. The summed E-state index contributed by atoms with van der Waals surface area (Å²) in [7, 11) is -3.56. The number of hydrogen-bond acceptors (Lipinski definition) is 4. The highest BCUT2D eigenvalue weighted by Crippen LogP contribution is 2.29. The molecule has 0 aliphatic heterocycles. The average Bonchev–Trinajstić information content (AvgIpc) is 3.09. The molecule has 0 bridgehead atoms. The third-order valence-corrected chi connectivity index (χ3v) is 5.68. The Kier molecular flexibility index (Phi) is 7.50. The summed E-state index contributed by atoms with van der Waals surface area (Å²) in [6.07, 6.45) is 8.56. The number of hydrogen-bond donors (Lipinski definition) is 0. The van der Waals surface area contributed by atoms with E-state index < -0.39 is 10.1 Å². The van der Waals surface area contributed by atoms with Gasteiger partial charge in [0.05, 0.1) is 6.26 Å². The molecule has 0 heterocycles. The molecule has 0 N–H and O–H groups in total. The second-order valence-electron chi connectivity index (χ2n) is 7.40. The smallest absolute Gasteiger partial charge is 0.306 e. The maximum atomic E-state index is 12.8. The summed E-state index contributed by atoms with van der Waals surface area (Å²) in [5.74, 6) is 1.16. The van der Waals surface area contributed by atoms with Crippen molar-refractivity contribution < 1.29 is 17.4 Å². The van der Waals surface area contributed by atoms with Gasteiger partial charge < -0.3 is 9.08 Å². The van der Waals surface area contributed by atoms with E-state index in [1.807, 2.05) is 11.0 Å². The summed E-state index contributed by atoms with van der Waals surface area (Å²) in [6, 6.07) is 7.11. The van der Waals surface area contributed by atoms with Crippen LogP contribution in [0.4, 0.5) is 0 Å². The number of carbonyl (C=O) groups is 1. The second-order valence-corrected chi connectivity index (χ2v) is 8.98. The van der Waals surface area contributed by atoms with Crippen molar-refractivity contribution in [1.82, 2.24) is 4.90 Å². The first-order valence-electron chi connectivity index (χ1n) is 9.56. The molecule has 1 fully saturated rings. The van der Waals surface area contributed by atoms with Crippen molar-refractivity contribution in [1.29, 1.82) is 0 Å². The van der Waals surface area contributed by atoms with Gasteiger partial charge in [0.15, 0.2) is 0 Å². The van der Waals surface area contributed by atoms with Crippen LogP contribution in [-0.2, 0) is 21.5 Å². The van der Waals surface area contributed by atoms with Gasteiger partial charge in [-0.15, -0.1) is 0 Å². The van der Waals surface area contributed by atoms with Crippen LogP contribution in [0, 0.1) is 5.92 Å². The van der Waals surface area contributed by atoms with Gasteiger partial charge in [-0.05, 0) is 43.4 Å². The zero-order valence-corrected chi connectivity index (χ0v) is 16.9. The molecule has 26 heavy (non-hydrogen) atoms. The van der Waals surface area contributed by atoms with Gasteiger partial charge in [0, 0.05) is 19.0 Å². The van der Waals surface area contributed by atoms with Crippen molar-refractivity contribution in [2.75, 3.05) is 6.26 Å². The van der Waals surface area contributed by atoms with Crippen LogP contribution in [0.15, 0.2) is 24.3 Å². The van der Waals surface area contributed by atoms with Gasteiger partial charge in [0.2, 0.25) is 5.91 Å². The summed E-state index contributed by atoms with van der Waals surface area (Å²) >= 11 is 0. The minimum Gasteiger partial charge on any atom is -0.383 e. The van der Waals surface area contributed by atoms with Crippen LogP contribution >= 0.6 is 0 Å². The van der Waals surface area contributed by atoms with Crippen molar-refractivity contribution >= 4 is 16.0 Å². The van der Waals surface area contributed by atoms with Crippen molar-refractivity contribution in [3.05, 3.63) is 29.8 Å². The van der Waals surface area contributed by atoms with E-state index in [0.29, 0.717) is 18.9 Å². The zero-order chi connectivity index (χ0) is 19.2. The zero-order valence-electron chi connectivity index (χ0n) is 16.1. The second kappa shape index (κ2) is 9.40. The van der Waals surface area contributed by atoms with E-state index in [-0.39, 0.29) is 17.7 Å². The number of nitrogens with zero attached hydrogens (tertiary/aromatic N) is 1. The molecular weight excluding hydrogens is 350 g/mol. The van der Waals surface area contributed by atoms with Gasteiger partial charge in [0.1, 0.15) is 5.75 Å². The highest BCUT2D eigenvalue weighted by atomic mass is 32.2. The van der Waals surface area contributed by atoms with Crippen LogP contribution in [-0.4, -0.2) is 31.5 Å². The van der Waals surface area contributed by atoms with Crippen LogP contribution < -0.4 is 4.18 Å². The van der Waals surface area contributed by atoms with Crippen molar-refractivity contribution in [3.8, 4) is 5.75 Å². The first-order chi connectivity index (χ1) is 12.3. The molecule has 0 unspecified atom stereocenters. The Bertz CT molecular complexity index is 696. The first-order valence-corrected chi connectivity index (χ1v) is 11.4. The van der Waals surface area contributed by atoms with E-state index in [2.05, 4.69) is 13.8 Å². The Labute approximate surface area is 157 Å². The van der Waals surface area contributed by atoms with Gasteiger partial charge in [-0.1, -0.05) is 44.7 Å². The fourth-order valence-corrected chi connectivity index (χ4v) is 4.00. The number of benzene rings is 1. The van der Waals surface area contributed by atoms with E-state index in [0.717, 1.165) is 24.7 Å². The van der Waals surface area contributed by atoms with Gasteiger partial charge in [-0.2, -0.15) is 8.42 Å². The average molecular weight is 382 g/mol. The van der Waals surface area contributed by atoms with Gasteiger partial charge in [-0.3, -0.25) is 4.79 Å². The fraction of sp³-hybridized carbons (Fsp3) is 0.650. The highest BCUT2D eigenvalue weighted by Gasteiger charge is 2.22. The normalized spacial score (nSPS) is 16.4. The molecule has 0 spiro atoms. The predicted molar refractivity (Wildman–Crippen MR) is 103 cm³/mol. The Morgan fingerprint density at radius 2 is 2.00 bits per heavy atom. The summed E-state index contributed by atoms with van der Waals surface area (Å²) in [6.45, 7) is 4.61. The molecule has 1 aromatic carbocycles. The molecule has 0 radical (unpaired) electrons. The number of amides is 1. The molecule has 1 amide bonds. The number of rotatable bonds is 9. The molecular formula is C20H31NO4S. The van der Waals surface area contributed by atoms with E-state index in [1.54, 1.807) is 18.2 Å². The molecule has 2 rings (SSSR count). The third-order valence-electron chi connectivity index (χ3n) is 5.18. The summed E-state index contributed by atoms with van der Waals surface area (Å²) in [5, 5.41) is 0. The first kappa shape index (κ1) is 20.7. The van der Waals surface area contributed by atoms with Gasteiger partial charge in [0.25, 0.3) is 0 Å². The van der Waals surface area contributed by atoms with Gasteiger partial charge >= 0.3 is 10.1 Å². The molecule has 6 heteroatoms. The molecule has 0 saturated heterocycles. The summed E-state index contributed by atoms with van der Waals surface area (Å²) < 4.78 is 27.6. The molecule has 1 aliphatic carbocycles. The lowest BCUT2D eigenvalue weighted by molar-refractivity contribution is -0.134. The SMILES string of the molecule is CC[C@H](C)N(Cc1cccc(OS(C)(=O)=O)c1)C(=O)CCC1CCCC1. The van der Waals surface area contributed by atoms with Crippen molar-refractivity contribution in [2.24, 2.45) is 5.92 Å². The molecule has 146 valence electrons. The monoisotopic (exact) mass is 381 g/mol. The lowest BCUT2D eigenvalue weighted by Crippen LogP contribution is -2.37. The van der Waals surface area contributed by atoms with Crippen LogP contribution in [0.3, 0.4) is 0 Å². The molecule has 1 aromatic rings. The standard InChI is InChI=1S/C20H31NO4S/c1-4-16(2)21(20(22)13-12-17-8-5-6-9-17)15-18-10-7-11-19(14-18)25-26(3,23)24/h7,10-11,14,16-17H,4-6,8-9,12-13,15H2,1-3H3/t16-/m0/s1. The van der Waals surface area contributed by atoms with Crippen LogP contribution in [0.1, 0.15) is 64.4 Å². The minimum absolute atomic E-state index is 0.144. The third kappa shape index (κ3) is 6.63. The van der Waals surface area contributed by atoms with E-state index in [1.165, 1.54) is 25.7 Å². The largest absolute Gasteiger partial charge is 0.383 e. The number of carbonyl (C=O) groups excluding carboxylic acids is 1. The lowest BCUT2D eigenvalue weighted by Gasteiger charge is -2.29. The van der Waals surface area contributed by atoms with E-state index >= 15 is 0 Å². The van der Waals surface area contributed by atoms with E-state index in [9.17, 15) is 13.2 Å². The van der Waals surface area contributed by atoms with E-state index in [4.69, 9.17) is 4.18 Å². The quantitative estimate of drug-likeness (QED) is 0.604. The maximum absolute atomic E-state index is 12.8. The molecule has 0 aromatic heterocycles. The highest BCUT2D eigenvalue weighted by molar-refractivity contribution is 7.86. The van der Waals surface area contributed by atoms with Gasteiger partial charge in [-0.25, -0.2) is 0 Å². The molecule has 1 atom stereocenters. The summed E-state index contributed by atoms with van der Waals surface area (Å²) in [4.78, 5) is 14.7. The summed E-state index contributed by atoms with van der Waals surface area (Å²) in [5.41, 5.74) is 0.876.